The van der Waals surface area contributed by atoms with Crippen LogP contribution in [0.5, 0.6) is 0 Å². The SMILES string of the molecule is Cc1ccc2nc(NC(=O)Cc3c(C)[nH]c(=O)[nH]c3=O)sc2c1. The van der Waals surface area contributed by atoms with Gasteiger partial charge in [-0.15, -0.1) is 0 Å². The molecule has 0 saturated carbocycles. The second kappa shape index (κ2) is 5.81. The first-order valence-corrected chi connectivity index (χ1v) is 7.73. The highest BCUT2D eigenvalue weighted by molar-refractivity contribution is 7.22. The maximum Gasteiger partial charge on any atom is 0.325 e. The fourth-order valence-electron chi connectivity index (χ4n) is 2.25. The number of carbonyl (C=O) groups is 1. The van der Waals surface area contributed by atoms with Gasteiger partial charge in [-0.2, -0.15) is 0 Å². The molecule has 0 aliphatic heterocycles. The largest absolute Gasteiger partial charge is 0.325 e. The number of benzene rings is 1. The van der Waals surface area contributed by atoms with E-state index in [1.54, 1.807) is 6.92 Å². The molecule has 3 rings (SSSR count). The Kier molecular flexibility index (Phi) is 3.83. The minimum absolute atomic E-state index is 0.132. The van der Waals surface area contributed by atoms with Crippen LogP contribution in [0.3, 0.4) is 0 Å². The number of thiazole rings is 1. The van der Waals surface area contributed by atoms with E-state index in [4.69, 9.17) is 0 Å². The molecular weight excluding hydrogens is 316 g/mol. The van der Waals surface area contributed by atoms with E-state index in [2.05, 4.69) is 20.3 Å². The molecule has 3 aromatic rings. The van der Waals surface area contributed by atoms with Gasteiger partial charge in [0.25, 0.3) is 5.56 Å². The number of rotatable bonds is 3. The Morgan fingerprint density at radius 3 is 2.78 bits per heavy atom. The number of hydrogen-bond donors (Lipinski definition) is 3. The van der Waals surface area contributed by atoms with Crippen LogP contribution in [0.15, 0.2) is 27.8 Å². The van der Waals surface area contributed by atoms with Crippen molar-refractivity contribution in [2.75, 3.05) is 5.32 Å². The van der Waals surface area contributed by atoms with E-state index in [0.717, 1.165) is 15.8 Å². The standard InChI is InChI=1S/C15H14N4O3S/c1-7-3-4-10-11(5-7)23-15(17-10)18-12(20)6-9-8(2)16-14(22)19-13(9)21/h3-5H,6H2,1-2H3,(H,17,18,20)(H2,16,19,21,22). The molecule has 8 heteroatoms. The maximum absolute atomic E-state index is 12.1. The predicted molar refractivity (Wildman–Crippen MR) is 89.1 cm³/mol. The second-order valence-corrected chi connectivity index (χ2v) is 6.26. The van der Waals surface area contributed by atoms with Gasteiger partial charge >= 0.3 is 5.69 Å². The number of nitrogens with zero attached hydrogens (tertiary/aromatic N) is 1. The van der Waals surface area contributed by atoms with Crippen molar-refractivity contribution in [3.63, 3.8) is 0 Å². The molecule has 0 aliphatic carbocycles. The number of aromatic nitrogens is 3. The van der Waals surface area contributed by atoms with Gasteiger partial charge < -0.3 is 10.3 Å². The highest BCUT2D eigenvalue weighted by Gasteiger charge is 2.13. The first kappa shape index (κ1) is 15.2. The molecule has 0 saturated heterocycles. The van der Waals surface area contributed by atoms with E-state index in [0.29, 0.717) is 10.8 Å². The monoisotopic (exact) mass is 330 g/mol. The van der Waals surface area contributed by atoms with Gasteiger partial charge in [0.05, 0.1) is 16.6 Å². The van der Waals surface area contributed by atoms with Crippen molar-refractivity contribution in [1.82, 2.24) is 15.0 Å². The van der Waals surface area contributed by atoms with Crippen LogP contribution >= 0.6 is 11.3 Å². The first-order chi connectivity index (χ1) is 10.9. The number of hydrogen-bond acceptors (Lipinski definition) is 5. The number of aryl methyl sites for hydroxylation is 2. The Hall–Kier alpha value is -2.74. The van der Waals surface area contributed by atoms with E-state index in [9.17, 15) is 14.4 Å². The molecule has 2 heterocycles. The Bertz CT molecular complexity index is 1020. The number of nitrogens with one attached hydrogen (secondary N) is 3. The molecule has 0 atom stereocenters. The summed E-state index contributed by atoms with van der Waals surface area (Å²) in [4.78, 5) is 44.0. The van der Waals surface area contributed by atoms with Gasteiger partial charge in [0, 0.05) is 11.3 Å². The van der Waals surface area contributed by atoms with E-state index in [1.807, 2.05) is 25.1 Å². The fraction of sp³-hybridized carbons (Fsp3) is 0.200. The van der Waals surface area contributed by atoms with Crippen molar-refractivity contribution in [2.24, 2.45) is 0 Å². The number of anilines is 1. The Labute approximate surface area is 134 Å². The summed E-state index contributed by atoms with van der Waals surface area (Å²) in [6.45, 7) is 3.57. The maximum atomic E-state index is 12.1. The lowest BCUT2D eigenvalue weighted by atomic mass is 10.1. The van der Waals surface area contributed by atoms with E-state index in [1.165, 1.54) is 11.3 Å². The third-order valence-electron chi connectivity index (χ3n) is 3.38. The van der Waals surface area contributed by atoms with Crippen molar-refractivity contribution in [1.29, 1.82) is 0 Å². The molecule has 0 fully saturated rings. The van der Waals surface area contributed by atoms with Gasteiger partial charge in [0.2, 0.25) is 5.91 Å². The van der Waals surface area contributed by atoms with Gasteiger partial charge in [-0.25, -0.2) is 9.78 Å². The van der Waals surface area contributed by atoms with Crippen molar-refractivity contribution >= 4 is 32.6 Å². The van der Waals surface area contributed by atoms with Crippen LogP contribution in [0.2, 0.25) is 0 Å². The highest BCUT2D eigenvalue weighted by Crippen LogP contribution is 2.26. The van der Waals surface area contributed by atoms with Crippen LogP contribution in [-0.4, -0.2) is 20.9 Å². The van der Waals surface area contributed by atoms with E-state index in [-0.39, 0.29) is 17.9 Å². The molecule has 0 unspecified atom stereocenters. The Morgan fingerprint density at radius 1 is 1.26 bits per heavy atom. The number of aromatic amines is 2. The molecule has 118 valence electrons. The highest BCUT2D eigenvalue weighted by atomic mass is 32.1. The number of carbonyl (C=O) groups excluding carboxylic acids is 1. The Balaban J connectivity index is 1.81. The lowest BCUT2D eigenvalue weighted by Crippen LogP contribution is -2.29. The number of amides is 1. The first-order valence-electron chi connectivity index (χ1n) is 6.91. The summed E-state index contributed by atoms with van der Waals surface area (Å²) in [5.74, 6) is -0.360. The van der Waals surface area contributed by atoms with Gasteiger partial charge in [0.15, 0.2) is 5.13 Å². The molecule has 23 heavy (non-hydrogen) atoms. The van der Waals surface area contributed by atoms with Crippen molar-refractivity contribution in [3.8, 4) is 0 Å². The average Bonchev–Trinajstić information content (AvgIpc) is 2.84. The summed E-state index contributed by atoms with van der Waals surface area (Å²) < 4.78 is 0.985. The molecule has 0 spiro atoms. The van der Waals surface area contributed by atoms with E-state index < -0.39 is 11.2 Å². The quantitative estimate of drug-likeness (QED) is 0.676. The molecular formula is C15H14N4O3S. The number of H-pyrrole nitrogens is 2. The molecule has 3 N–H and O–H groups in total. The smallest absolute Gasteiger partial charge is 0.311 e. The summed E-state index contributed by atoms with van der Waals surface area (Å²) in [7, 11) is 0. The van der Waals surface area contributed by atoms with Gasteiger partial charge in [-0.1, -0.05) is 17.4 Å². The van der Waals surface area contributed by atoms with Crippen molar-refractivity contribution in [3.05, 3.63) is 55.9 Å². The van der Waals surface area contributed by atoms with Crippen molar-refractivity contribution in [2.45, 2.75) is 20.3 Å². The third-order valence-corrected chi connectivity index (χ3v) is 4.32. The van der Waals surface area contributed by atoms with Gasteiger partial charge in [0.1, 0.15) is 0 Å². The molecule has 1 amide bonds. The molecule has 2 aromatic heterocycles. The Morgan fingerprint density at radius 2 is 2.04 bits per heavy atom. The molecule has 0 aliphatic rings. The molecule has 7 nitrogen and oxygen atoms in total. The van der Waals surface area contributed by atoms with Gasteiger partial charge in [-0.3, -0.25) is 14.6 Å². The fourth-order valence-corrected chi connectivity index (χ4v) is 3.23. The van der Waals surface area contributed by atoms with Crippen molar-refractivity contribution < 1.29 is 4.79 Å². The van der Waals surface area contributed by atoms with Crippen LogP contribution in [-0.2, 0) is 11.2 Å². The molecule has 0 radical (unpaired) electrons. The average molecular weight is 330 g/mol. The minimum atomic E-state index is -0.585. The topological polar surface area (TPSA) is 108 Å². The van der Waals surface area contributed by atoms with Crippen LogP contribution < -0.4 is 16.6 Å². The molecule has 1 aromatic carbocycles. The van der Waals surface area contributed by atoms with Gasteiger partial charge in [-0.05, 0) is 31.5 Å². The zero-order valence-electron chi connectivity index (χ0n) is 12.5. The zero-order valence-corrected chi connectivity index (χ0v) is 13.3. The lowest BCUT2D eigenvalue weighted by Gasteiger charge is -2.03. The number of fused-ring (bicyclic) bond motifs is 1. The summed E-state index contributed by atoms with van der Waals surface area (Å²) in [5.41, 5.74) is 1.41. The minimum Gasteiger partial charge on any atom is -0.311 e. The lowest BCUT2D eigenvalue weighted by molar-refractivity contribution is -0.115. The normalized spacial score (nSPS) is 10.9. The van der Waals surface area contributed by atoms with E-state index >= 15 is 0 Å². The summed E-state index contributed by atoms with van der Waals surface area (Å²) in [5, 5.41) is 3.17. The predicted octanol–water partition coefficient (Wildman–Crippen LogP) is 1.47. The summed E-state index contributed by atoms with van der Waals surface area (Å²) >= 11 is 1.37. The zero-order chi connectivity index (χ0) is 16.6. The van der Waals surface area contributed by atoms with Crippen LogP contribution in [0.25, 0.3) is 10.2 Å². The third kappa shape index (κ3) is 3.21. The summed E-state index contributed by atoms with van der Waals surface area (Å²) in [6.07, 6.45) is -0.132. The van der Waals surface area contributed by atoms with Crippen LogP contribution in [0.1, 0.15) is 16.8 Å². The summed E-state index contributed by atoms with van der Waals surface area (Å²) in [6, 6.07) is 5.85. The molecule has 0 bridgehead atoms. The van der Waals surface area contributed by atoms with Crippen LogP contribution in [0, 0.1) is 13.8 Å². The van der Waals surface area contributed by atoms with Crippen LogP contribution in [0.4, 0.5) is 5.13 Å². The second-order valence-electron chi connectivity index (χ2n) is 5.23.